The topological polar surface area (TPSA) is 35.5 Å². The van der Waals surface area contributed by atoms with Crippen molar-refractivity contribution in [3.8, 4) is 0 Å². The molecule has 0 radical (unpaired) electrons. The molecule has 1 fully saturated rings. The molecular formula is C12H26N2O. The second-order valence-electron chi connectivity index (χ2n) is 5.73. The Balaban J connectivity index is 2.35. The second kappa shape index (κ2) is 5.28. The highest BCUT2D eigenvalue weighted by molar-refractivity contribution is 4.93. The summed E-state index contributed by atoms with van der Waals surface area (Å²) >= 11 is 0. The van der Waals surface area contributed by atoms with E-state index in [1.807, 2.05) is 0 Å². The third-order valence-electron chi connectivity index (χ3n) is 2.77. The average molecular weight is 214 g/mol. The third kappa shape index (κ3) is 4.96. The number of hydrogen-bond acceptors (Lipinski definition) is 3. The van der Waals surface area contributed by atoms with Crippen LogP contribution in [0.3, 0.4) is 0 Å². The van der Waals surface area contributed by atoms with Gasteiger partial charge in [-0.1, -0.05) is 13.8 Å². The van der Waals surface area contributed by atoms with Crippen molar-refractivity contribution in [1.82, 2.24) is 10.2 Å². The van der Waals surface area contributed by atoms with Crippen LogP contribution >= 0.6 is 0 Å². The third-order valence-corrected chi connectivity index (χ3v) is 2.77. The van der Waals surface area contributed by atoms with Crippen LogP contribution in [0.2, 0.25) is 0 Å². The van der Waals surface area contributed by atoms with Gasteiger partial charge in [-0.25, -0.2) is 0 Å². The van der Waals surface area contributed by atoms with Crippen molar-refractivity contribution >= 4 is 0 Å². The van der Waals surface area contributed by atoms with Gasteiger partial charge in [-0.05, 0) is 32.7 Å². The number of aliphatic hydroxyl groups excluding tert-OH is 1. The summed E-state index contributed by atoms with van der Waals surface area (Å²) in [6.07, 6.45) is 2.53. The maximum Gasteiger partial charge on any atom is 0.0623 e. The van der Waals surface area contributed by atoms with E-state index in [1.54, 1.807) is 0 Å². The van der Waals surface area contributed by atoms with Crippen molar-refractivity contribution in [2.24, 2.45) is 5.92 Å². The molecule has 3 heteroatoms. The molecule has 1 aliphatic rings. The van der Waals surface area contributed by atoms with E-state index in [-0.39, 0.29) is 12.1 Å². The summed E-state index contributed by atoms with van der Waals surface area (Å²) in [6.45, 7) is 8.77. The Kier molecular flexibility index (Phi) is 4.56. The van der Waals surface area contributed by atoms with Gasteiger partial charge >= 0.3 is 0 Å². The minimum Gasteiger partial charge on any atom is -0.394 e. The molecule has 0 saturated heterocycles. The summed E-state index contributed by atoms with van der Waals surface area (Å²) in [7, 11) is 2.13. The predicted molar refractivity (Wildman–Crippen MR) is 64.0 cm³/mol. The highest BCUT2D eigenvalue weighted by Crippen LogP contribution is 2.22. The molecule has 0 spiro atoms. The molecule has 15 heavy (non-hydrogen) atoms. The Bertz CT molecular complexity index is 192. The Hall–Kier alpha value is -0.120. The van der Waals surface area contributed by atoms with Crippen LogP contribution in [-0.4, -0.2) is 48.3 Å². The van der Waals surface area contributed by atoms with Crippen LogP contribution < -0.4 is 5.32 Å². The summed E-state index contributed by atoms with van der Waals surface area (Å²) in [5.41, 5.74) is -0.134. The monoisotopic (exact) mass is 214 g/mol. The lowest BCUT2D eigenvalue weighted by Crippen LogP contribution is -2.54. The van der Waals surface area contributed by atoms with Gasteiger partial charge in [0.2, 0.25) is 0 Å². The van der Waals surface area contributed by atoms with Gasteiger partial charge in [0.05, 0.1) is 12.1 Å². The predicted octanol–water partition coefficient (Wildman–Crippen LogP) is 1.08. The fourth-order valence-electron chi connectivity index (χ4n) is 2.15. The SMILES string of the molecule is CC(C)CN(C)CC(C)(CO)NC1CC1. The van der Waals surface area contributed by atoms with Crippen LogP contribution in [0, 0.1) is 5.92 Å². The fourth-order valence-corrected chi connectivity index (χ4v) is 2.15. The van der Waals surface area contributed by atoms with Gasteiger partial charge in [0.15, 0.2) is 0 Å². The minimum atomic E-state index is -0.134. The van der Waals surface area contributed by atoms with Gasteiger partial charge in [-0.3, -0.25) is 0 Å². The molecule has 0 aromatic carbocycles. The standard InChI is InChI=1S/C12H26N2O/c1-10(2)7-14(4)8-12(3,9-15)13-11-5-6-11/h10-11,13,15H,5-9H2,1-4H3. The van der Waals surface area contributed by atoms with E-state index in [9.17, 15) is 5.11 Å². The van der Waals surface area contributed by atoms with E-state index in [4.69, 9.17) is 0 Å². The van der Waals surface area contributed by atoms with Gasteiger partial charge in [0.25, 0.3) is 0 Å². The first kappa shape index (κ1) is 12.9. The highest BCUT2D eigenvalue weighted by atomic mass is 16.3. The van der Waals surface area contributed by atoms with Crippen LogP contribution in [0.15, 0.2) is 0 Å². The first-order valence-corrected chi connectivity index (χ1v) is 6.02. The van der Waals surface area contributed by atoms with Crippen molar-refractivity contribution in [1.29, 1.82) is 0 Å². The molecule has 0 aromatic rings. The number of rotatable bonds is 7. The summed E-state index contributed by atoms with van der Waals surface area (Å²) in [5.74, 6) is 0.680. The Labute approximate surface area is 93.9 Å². The fraction of sp³-hybridized carbons (Fsp3) is 1.00. The van der Waals surface area contributed by atoms with Gasteiger partial charge in [0.1, 0.15) is 0 Å². The van der Waals surface area contributed by atoms with Gasteiger partial charge in [-0.2, -0.15) is 0 Å². The van der Waals surface area contributed by atoms with Crippen molar-refractivity contribution in [3.05, 3.63) is 0 Å². The molecule has 90 valence electrons. The van der Waals surface area contributed by atoms with Crippen LogP contribution in [-0.2, 0) is 0 Å². The van der Waals surface area contributed by atoms with Crippen molar-refractivity contribution in [2.75, 3.05) is 26.7 Å². The van der Waals surface area contributed by atoms with E-state index in [0.717, 1.165) is 13.1 Å². The maximum atomic E-state index is 9.46. The molecule has 2 N–H and O–H groups in total. The number of nitrogens with zero attached hydrogens (tertiary/aromatic N) is 1. The molecule has 0 aromatic heterocycles. The van der Waals surface area contributed by atoms with Crippen LogP contribution in [0.5, 0.6) is 0 Å². The molecule has 0 heterocycles. The normalized spacial score (nSPS) is 21.0. The van der Waals surface area contributed by atoms with E-state index in [2.05, 4.69) is 38.0 Å². The first-order valence-electron chi connectivity index (χ1n) is 6.02. The molecular weight excluding hydrogens is 188 g/mol. The maximum absolute atomic E-state index is 9.46. The van der Waals surface area contributed by atoms with Crippen molar-refractivity contribution in [3.63, 3.8) is 0 Å². The zero-order valence-electron chi connectivity index (χ0n) is 10.6. The summed E-state index contributed by atoms with van der Waals surface area (Å²) in [4.78, 5) is 2.30. The smallest absolute Gasteiger partial charge is 0.0623 e. The van der Waals surface area contributed by atoms with E-state index >= 15 is 0 Å². The highest BCUT2D eigenvalue weighted by Gasteiger charge is 2.32. The molecule has 0 amide bonds. The molecule has 1 rings (SSSR count). The zero-order valence-corrected chi connectivity index (χ0v) is 10.6. The molecule has 0 aliphatic heterocycles. The number of hydrogen-bond donors (Lipinski definition) is 2. The Morgan fingerprint density at radius 3 is 2.47 bits per heavy atom. The minimum absolute atomic E-state index is 0.134. The van der Waals surface area contributed by atoms with Crippen LogP contribution in [0.25, 0.3) is 0 Å². The lowest BCUT2D eigenvalue weighted by Gasteiger charge is -2.34. The lowest BCUT2D eigenvalue weighted by molar-refractivity contribution is 0.125. The molecule has 1 atom stereocenters. The van der Waals surface area contributed by atoms with Gasteiger partial charge < -0.3 is 15.3 Å². The van der Waals surface area contributed by atoms with Crippen LogP contribution in [0.4, 0.5) is 0 Å². The quantitative estimate of drug-likeness (QED) is 0.665. The van der Waals surface area contributed by atoms with Gasteiger partial charge in [0, 0.05) is 19.1 Å². The molecule has 1 aliphatic carbocycles. The van der Waals surface area contributed by atoms with E-state index in [0.29, 0.717) is 12.0 Å². The summed E-state index contributed by atoms with van der Waals surface area (Å²) in [6, 6.07) is 0.648. The largest absolute Gasteiger partial charge is 0.394 e. The number of nitrogens with one attached hydrogen (secondary N) is 1. The van der Waals surface area contributed by atoms with E-state index in [1.165, 1.54) is 12.8 Å². The Morgan fingerprint density at radius 2 is 2.07 bits per heavy atom. The second-order valence-corrected chi connectivity index (χ2v) is 5.73. The summed E-state index contributed by atoms with van der Waals surface area (Å²) < 4.78 is 0. The zero-order chi connectivity index (χ0) is 11.5. The molecule has 3 nitrogen and oxygen atoms in total. The molecule has 0 bridgehead atoms. The van der Waals surface area contributed by atoms with E-state index < -0.39 is 0 Å². The van der Waals surface area contributed by atoms with Crippen LogP contribution in [0.1, 0.15) is 33.6 Å². The summed E-state index contributed by atoms with van der Waals surface area (Å²) in [5, 5.41) is 13.0. The first-order chi connectivity index (χ1) is 6.95. The lowest BCUT2D eigenvalue weighted by atomic mass is 10.0. The number of aliphatic hydroxyl groups is 1. The number of likely N-dealkylation sites (N-methyl/N-ethyl adjacent to an activating group) is 1. The Morgan fingerprint density at radius 1 is 1.47 bits per heavy atom. The molecule has 1 saturated carbocycles. The van der Waals surface area contributed by atoms with Gasteiger partial charge in [-0.15, -0.1) is 0 Å². The molecule has 1 unspecified atom stereocenters. The average Bonchev–Trinajstić information content (AvgIpc) is 2.86. The van der Waals surface area contributed by atoms with Crippen molar-refractivity contribution in [2.45, 2.75) is 45.2 Å². The van der Waals surface area contributed by atoms with Crippen molar-refractivity contribution < 1.29 is 5.11 Å².